The molecule has 0 radical (unpaired) electrons. The molecule has 3 N–H and O–H groups in total. The number of nitriles is 2. The number of carbonyl (C=O) groups excluding carboxylic acids is 1. The Kier molecular flexibility index (Phi) is 6.95. The van der Waals surface area contributed by atoms with Gasteiger partial charge in [0.25, 0.3) is 0 Å². The summed E-state index contributed by atoms with van der Waals surface area (Å²) in [6.07, 6.45) is 18.3. The van der Waals surface area contributed by atoms with Crippen LogP contribution < -0.4 is 16.0 Å². The zero-order valence-corrected chi connectivity index (χ0v) is 18.8. The van der Waals surface area contributed by atoms with Crippen molar-refractivity contribution < 1.29 is 9.53 Å². The third kappa shape index (κ3) is 5.11. The molecule has 1 atom stereocenters. The molecule has 2 aliphatic rings. The fourth-order valence-corrected chi connectivity index (χ4v) is 3.80. The molecule has 2 aromatic heterocycles. The van der Waals surface area contributed by atoms with Crippen molar-refractivity contribution in [3.05, 3.63) is 71.4 Å². The molecule has 1 unspecified atom stereocenters. The first-order valence-electron chi connectivity index (χ1n) is 11.1. The van der Waals surface area contributed by atoms with Gasteiger partial charge in [0, 0.05) is 24.2 Å². The fourth-order valence-electron chi connectivity index (χ4n) is 3.80. The van der Waals surface area contributed by atoms with E-state index in [1.165, 1.54) is 6.20 Å². The Morgan fingerprint density at radius 1 is 1.29 bits per heavy atom. The molecule has 34 heavy (non-hydrogen) atoms. The van der Waals surface area contributed by atoms with Gasteiger partial charge in [-0.3, -0.25) is 0 Å². The molecule has 2 amide bonds. The summed E-state index contributed by atoms with van der Waals surface area (Å²) in [4.78, 5) is 12.1. The van der Waals surface area contributed by atoms with Gasteiger partial charge in [-0.25, -0.2) is 9.31 Å². The van der Waals surface area contributed by atoms with Crippen LogP contribution in [0, 0.1) is 29.6 Å². The van der Waals surface area contributed by atoms with Crippen molar-refractivity contribution in [2.75, 3.05) is 17.2 Å². The number of aryl methyl sites for hydroxylation is 1. The maximum absolute atomic E-state index is 12.1. The summed E-state index contributed by atoms with van der Waals surface area (Å²) >= 11 is 0. The lowest BCUT2D eigenvalue weighted by atomic mass is 10.1. The first kappa shape index (κ1) is 22.7. The van der Waals surface area contributed by atoms with Crippen LogP contribution in [0.5, 0.6) is 0 Å². The average Bonchev–Trinajstić information content (AvgIpc) is 3.16. The molecule has 2 aliphatic carbocycles. The number of hydrogen-bond acceptors (Lipinski definition) is 6. The lowest BCUT2D eigenvalue weighted by molar-refractivity contribution is 0.164. The topological polar surface area (TPSA) is 127 Å². The molecule has 0 aliphatic heterocycles. The van der Waals surface area contributed by atoms with Gasteiger partial charge in [-0.2, -0.15) is 15.6 Å². The van der Waals surface area contributed by atoms with E-state index in [2.05, 4.69) is 39.3 Å². The number of aromatic nitrogens is 2. The van der Waals surface area contributed by atoms with Gasteiger partial charge in [-0.1, -0.05) is 12.2 Å². The van der Waals surface area contributed by atoms with Crippen LogP contribution in [-0.4, -0.2) is 28.3 Å². The summed E-state index contributed by atoms with van der Waals surface area (Å²) in [5.41, 5.74) is 3.87. The van der Waals surface area contributed by atoms with Crippen molar-refractivity contribution >= 4 is 22.9 Å². The zero-order valence-electron chi connectivity index (χ0n) is 18.8. The van der Waals surface area contributed by atoms with Crippen LogP contribution in [0.15, 0.2) is 60.3 Å². The number of nitrogens with one attached hydrogen (secondary N) is 3. The third-order valence-electron chi connectivity index (χ3n) is 5.53. The monoisotopic (exact) mass is 455 g/mol. The molecule has 9 nitrogen and oxygen atoms in total. The minimum Gasteiger partial charge on any atom is -0.486 e. The SMILES string of the molecule is Cc1c(NC(=O)NCCC#N)cn2ncc(C#N)c(NC3=CCC(OC4=CCCC=C4)C=C3)c12. The van der Waals surface area contributed by atoms with E-state index in [1.807, 2.05) is 37.3 Å². The Morgan fingerprint density at radius 2 is 2.18 bits per heavy atom. The first-order valence-corrected chi connectivity index (χ1v) is 11.1. The number of urea groups is 1. The van der Waals surface area contributed by atoms with Crippen molar-refractivity contribution in [2.24, 2.45) is 0 Å². The third-order valence-corrected chi connectivity index (χ3v) is 5.53. The largest absolute Gasteiger partial charge is 0.486 e. The number of hydrogen-bond donors (Lipinski definition) is 3. The number of ether oxygens (including phenoxy) is 1. The fraction of sp³-hybridized carbons (Fsp3) is 0.280. The smallest absolute Gasteiger partial charge is 0.319 e. The van der Waals surface area contributed by atoms with E-state index < -0.39 is 6.03 Å². The summed E-state index contributed by atoms with van der Waals surface area (Å²) < 4.78 is 7.65. The second kappa shape index (κ2) is 10.4. The standard InChI is InChI=1S/C25H25N7O2/c1-17-22(31-25(33)28-13-5-12-26)16-32-24(17)23(18(14-27)15-29-32)30-19-8-10-21(11-9-19)34-20-6-3-2-4-7-20/h3,6-10,15-16,21,30H,2,4-5,11,13H2,1H3,(H2,28,31,33). The van der Waals surface area contributed by atoms with Crippen LogP contribution in [0.4, 0.5) is 16.2 Å². The number of nitrogens with zero attached hydrogens (tertiary/aromatic N) is 4. The number of anilines is 2. The lowest BCUT2D eigenvalue weighted by Crippen LogP contribution is -2.29. The van der Waals surface area contributed by atoms with Crippen molar-refractivity contribution in [1.29, 1.82) is 10.5 Å². The van der Waals surface area contributed by atoms with Gasteiger partial charge in [0.15, 0.2) is 0 Å². The van der Waals surface area contributed by atoms with Gasteiger partial charge in [0.1, 0.15) is 17.9 Å². The highest BCUT2D eigenvalue weighted by molar-refractivity contribution is 5.94. The van der Waals surface area contributed by atoms with Gasteiger partial charge >= 0.3 is 6.03 Å². The summed E-state index contributed by atoms with van der Waals surface area (Å²) in [6, 6.07) is 3.77. The van der Waals surface area contributed by atoms with E-state index in [4.69, 9.17) is 10.00 Å². The highest BCUT2D eigenvalue weighted by Crippen LogP contribution is 2.32. The zero-order chi connectivity index (χ0) is 23.9. The predicted molar refractivity (Wildman–Crippen MR) is 129 cm³/mol. The van der Waals surface area contributed by atoms with Gasteiger partial charge in [0.05, 0.1) is 47.3 Å². The molecule has 9 heteroatoms. The van der Waals surface area contributed by atoms with Crippen LogP contribution >= 0.6 is 0 Å². The summed E-state index contributed by atoms with van der Waals surface area (Å²) in [7, 11) is 0. The second-order valence-electron chi connectivity index (χ2n) is 7.92. The van der Waals surface area contributed by atoms with Gasteiger partial charge in [-0.05, 0) is 44.1 Å². The number of carbonyl (C=O) groups is 1. The predicted octanol–water partition coefficient (Wildman–Crippen LogP) is 4.42. The van der Waals surface area contributed by atoms with E-state index in [1.54, 1.807) is 10.7 Å². The Bertz CT molecular complexity index is 1300. The highest BCUT2D eigenvalue weighted by Gasteiger charge is 2.19. The molecule has 2 heterocycles. The van der Waals surface area contributed by atoms with Crippen LogP contribution in [0.2, 0.25) is 0 Å². The van der Waals surface area contributed by atoms with Crippen LogP contribution in [-0.2, 0) is 4.74 Å². The molecule has 172 valence electrons. The number of amides is 2. The molecule has 0 saturated carbocycles. The van der Waals surface area contributed by atoms with Crippen LogP contribution in [0.25, 0.3) is 5.52 Å². The second-order valence-corrected chi connectivity index (χ2v) is 7.92. The van der Waals surface area contributed by atoms with Gasteiger partial charge in [-0.15, -0.1) is 0 Å². The summed E-state index contributed by atoms with van der Waals surface area (Å²) in [6.45, 7) is 2.12. The minimum atomic E-state index is -0.406. The Balaban J connectivity index is 1.52. The lowest BCUT2D eigenvalue weighted by Gasteiger charge is -2.21. The van der Waals surface area contributed by atoms with Gasteiger partial charge in [0.2, 0.25) is 0 Å². The van der Waals surface area contributed by atoms with E-state index in [0.29, 0.717) is 28.9 Å². The van der Waals surface area contributed by atoms with Crippen LogP contribution in [0.3, 0.4) is 0 Å². The summed E-state index contributed by atoms with van der Waals surface area (Å²) in [5.74, 6) is 0.897. The molecule has 2 aromatic rings. The molecule has 0 aromatic carbocycles. The maximum atomic E-state index is 12.1. The van der Waals surface area contributed by atoms with E-state index in [9.17, 15) is 10.1 Å². The molecule has 0 saturated heterocycles. The molecule has 4 rings (SSSR count). The van der Waals surface area contributed by atoms with E-state index in [-0.39, 0.29) is 19.1 Å². The van der Waals surface area contributed by atoms with Crippen LogP contribution in [0.1, 0.15) is 36.8 Å². The normalized spacial score (nSPS) is 16.7. The first-order chi connectivity index (χ1) is 16.6. The van der Waals surface area contributed by atoms with E-state index >= 15 is 0 Å². The Hall–Kier alpha value is -4.50. The quantitative estimate of drug-likeness (QED) is 0.530. The van der Waals surface area contributed by atoms with Crippen molar-refractivity contribution in [2.45, 2.75) is 38.7 Å². The molecule has 0 bridgehead atoms. The number of rotatable bonds is 7. The number of allylic oxidation sites excluding steroid dienone is 4. The average molecular weight is 456 g/mol. The van der Waals surface area contributed by atoms with Crippen molar-refractivity contribution in [3.8, 4) is 12.1 Å². The Labute approximate surface area is 197 Å². The van der Waals surface area contributed by atoms with Crippen molar-refractivity contribution in [1.82, 2.24) is 14.9 Å². The van der Waals surface area contributed by atoms with Gasteiger partial charge < -0.3 is 20.7 Å². The summed E-state index contributed by atoms with van der Waals surface area (Å²) in [5, 5.41) is 31.4. The Morgan fingerprint density at radius 3 is 2.88 bits per heavy atom. The van der Waals surface area contributed by atoms with Crippen molar-refractivity contribution in [3.63, 3.8) is 0 Å². The maximum Gasteiger partial charge on any atom is 0.319 e. The molecule has 0 fully saturated rings. The van der Waals surface area contributed by atoms with E-state index in [0.717, 1.165) is 29.9 Å². The minimum absolute atomic E-state index is 0.0437. The molecular weight excluding hydrogens is 430 g/mol. The molecular formula is C25H25N7O2. The highest BCUT2D eigenvalue weighted by atomic mass is 16.5. The molecule has 0 spiro atoms. The number of fused-ring (bicyclic) bond motifs is 1.